The molecule has 1 atom stereocenters. The minimum atomic E-state index is -0.0744. The maximum Gasteiger partial charge on any atom is 0.220 e. The Morgan fingerprint density at radius 3 is 2.43 bits per heavy atom. The van der Waals surface area contributed by atoms with Crippen LogP contribution in [-0.2, 0) is 11.2 Å². The van der Waals surface area contributed by atoms with Crippen LogP contribution in [0.4, 0.5) is 0 Å². The van der Waals surface area contributed by atoms with Gasteiger partial charge in [0.25, 0.3) is 0 Å². The number of carbonyl (C=O) groups excluding carboxylic acids is 1. The first-order valence-corrected chi connectivity index (χ1v) is 10.3. The Balaban J connectivity index is 1.57. The second kappa shape index (κ2) is 8.97. The van der Waals surface area contributed by atoms with E-state index in [2.05, 4.69) is 25.4 Å². The molecule has 8 heteroatoms. The average Bonchev–Trinajstić information content (AvgIpc) is 3.22. The summed E-state index contributed by atoms with van der Waals surface area (Å²) in [4.78, 5) is 25.3. The summed E-state index contributed by atoms with van der Waals surface area (Å²) in [6, 6.07) is 7.83. The highest BCUT2D eigenvalue weighted by Gasteiger charge is 2.13. The van der Waals surface area contributed by atoms with Crippen molar-refractivity contribution in [2.45, 2.75) is 44.8 Å². The lowest BCUT2D eigenvalue weighted by molar-refractivity contribution is -0.121. The van der Waals surface area contributed by atoms with Gasteiger partial charge in [-0.1, -0.05) is 23.9 Å². The van der Waals surface area contributed by atoms with Gasteiger partial charge in [0, 0.05) is 17.8 Å². The predicted octanol–water partition coefficient (Wildman–Crippen LogP) is 3.21. The predicted molar refractivity (Wildman–Crippen MR) is 110 cm³/mol. The molecule has 3 aromatic rings. The summed E-state index contributed by atoms with van der Waals surface area (Å²) in [5.41, 5.74) is 4.91. The van der Waals surface area contributed by atoms with Crippen LogP contribution in [0.1, 0.15) is 41.9 Å². The van der Waals surface area contributed by atoms with Crippen molar-refractivity contribution in [3.63, 3.8) is 0 Å². The number of aryl methyl sites for hydroxylation is 2. The van der Waals surface area contributed by atoms with Crippen LogP contribution in [0.2, 0.25) is 0 Å². The molecular formula is C20H24N6OS. The molecule has 1 amide bonds. The summed E-state index contributed by atoms with van der Waals surface area (Å²) < 4.78 is 1.70. The molecule has 3 rings (SSSR count). The minimum absolute atomic E-state index is 0.0144. The van der Waals surface area contributed by atoms with E-state index in [0.29, 0.717) is 12.8 Å². The zero-order valence-corrected chi connectivity index (χ0v) is 17.3. The van der Waals surface area contributed by atoms with Crippen LogP contribution in [0, 0.1) is 13.8 Å². The van der Waals surface area contributed by atoms with Gasteiger partial charge in [0.1, 0.15) is 12.7 Å². The first-order valence-electron chi connectivity index (χ1n) is 9.10. The third-order valence-electron chi connectivity index (χ3n) is 4.64. The molecule has 28 heavy (non-hydrogen) atoms. The van der Waals surface area contributed by atoms with Crippen molar-refractivity contribution in [3.05, 3.63) is 59.4 Å². The molecule has 0 radical (unpaired) electrons. The number of benzene rings is 1. The van der Waals surface area contributed by atoms with Crippen LogP contribution in [0.15, 0.2) is 42.1 Å². The van der Waals surface area contributed by atoms with E-state index < -0.39 is 0 Å². The Hall–Kier alpha value is -2.74. The fourth-order valence-corrected chi connectivity index (χ4v) is 3.51. The summed E-state index contributed by atoms with van der Waals surface area (Å²) in [7, 11) is 0. The van der Waals surface area contributed by atoms with Crippen molar-refractivity contribution in [3.8, 4) is 5.69 Å². The number of aromatic nitrogens is 5. The summed E-state index contributed by atoms with van der Waals surface area (Å²) in [6.45, 7) is 5.93. The molecule has 7 nitrogen and oxygen atoms in total. The van der Waals surface area contributed by atoms with E-state index in [1.807, 2.05) is 51.3 Å². The largest absolute Gasteiger partial charge is 0.350 e. The Morgan fingerprint density at radius 1 is 1.18 bits per heavy atom. The van der Waals surface area contributed by atoms with Crippen LogP contribution in [0.5, 0.6) is 0 Å². The van der Waals surface area contributed by atoms with Gasteiger partial charge >= 0.3 is 0 Å². The van der Waals surface area contributed by atoms with Crippen LogP contribution in [0.25, 0.3) is 5.69 Å². The highest BCUT2D eigenvalue weighted by Crippen LogP contribution is 2.18. The third-order valence-corrected chi connectivity index (χ3v) is 5.19. The lowest BCUT2D eigenvalue weighted by Crippen LogP contribution is -2.27. The van der Waals surface area contributed by atoms with Crippen LogP contribution in [0.3, 0.4) is 0 Å². The van der Waals surface area contributed by atoms with Crippen LogP contribution >= 0.6 is 11.8 Å². The number of hydrogen-bond donors (Lipinski definition) is 1. The zero-order valence-electron chi connectivity index (χ0n) is 16.5. The van der Waals surface area contributed by atoms with Crippen molar-refractivity contribution in [2.24, 2.45) is 0 Å². The molecule has 0 aliphatic heterocycles. The fraction of sp³-hybridized carbons (Fsp3) is 0.350. The van der Waals surface area contributed by atoms with Gasteiger partial charge in [0.05, 0.1) is 11.7 Å². The fourth-order valence-electron chi connectivity index (χ4n) is 3.05. The van der Waals surface area contributed by atoms with Gasteiger partial charge in [-0.15, -0.1) is 0 Å². The highest BCUT2D eigenvalue weighted by atomic mass is 32.2. The van der Waals surface area contributed by atoms with E-state index in [9.17, 15) is 4.79 Å². The maximum absolute atomic E-state index is 12.4. The van der Waals surface area contributed by atoms with Crippen molar-refractivity contribution in [2.75, 3.05) is 6.26 Å². The number of thioether (sulfide) groups is 1. The third kappa shape index (κ3) is 4.75. The van der Waals surface area contributed by atoms with Crippen LogP contribution in [-0.4, -0.2) is 36.9 Å². The smallest absolute Gasteiger partial charge is 0.220 e. The Bertz CT molecular complexity index is 917. The topological polar surface area (TPSA) is 85.6 Å². The van der Waals surface area contributed by atoms with Crippen molar-refractivity contribution >= 4 is 17.7 Å². The molecule has 0 fully saturated rings. The second-order valence-electron chi connectivity index (χ2n) is 6.58. The molecule has 2 heterocycles. The van der Waals surface area contributed by atoms with E-state index in [0.717, 1.165) is 33.4 Å². The standard InChI is InChI=1S/C20H24N6OS/c1-13(16-5-7-17(8-6-16)26-12-21-11-22-26)23-19(27)10-9-18-14(2)24-20(28-4)25-15(18)3/h5-8,11-13H,9-10H2,1-4H3,(H,23,27). The van der Waals surface area contributed by atoms with Gasteiger partial charge in [-0.3, -0.25) is 4.79 Å². The molecule has 1 N–H and O–H groups in total. The molecule has 0 bridgehead atoms. The Morgan fingerprint density at radius 2 is 1.86 bits per heavy atom. The van der Waals surface area contributed by atoms with Gasteiger partial charge in [-0.25, -0.2) is 19.6 Å². The molecule has 1 aromatic carbocycles. The lowest BCUT2D eigenvalue weighted by Gasteiger charge is -2.15. The van der Waals surface area contributed by atoms with Gasteiger partial charge in [-0.05, 0) is 56.7 Å². The molecule has 0 spiro atoms. The van der Waals surface area contributed by atoms with Gasteiger partial charge in [-0.2, -0.15) is 5.10 Å². The highest BCUT2D eigenvalue weighted by molar-refractivity contribution is 7.98. The molecule has 0 aliphatic carbocycles. The van der Waals surface area contributed by atoms with Gasteiger partial charge in [0.15, 0.2) is 5.16 Å². The minimum Gasteiger partial charge on any atom is -0.350 e. The van der Waals surface area contributed by atoms with E-state index >= 15 is 0 Å². The molecule has 0 saturated carbocycles. The number of nitrogens with one attached hydrogen (secondary N) is 1. The molecular weight excluding hydrogens is 372 g/mol. The molecule has 1 unspecified atom stereocenters. The van der Waals surface area contributed by atoms with Crippen LogP contribution < -0.4 is 5.32 Å². The lowest BCUT2D eigenvalue weighted by atomic mass is 10.1. The van der Waals surface area contributed by atoms with E-state index in [4.69, 9.17) is 0 Å². The van der Waals surface area contributed by atoms with Gasteiger partial charge < -0.3 is 5.32 Å². The number of amides is 1. The maximum atomic E-state index is 12.4. The van der Waals surface area contributed by atoms with E-state index in [-0.39, 0.29) is 11.9 Å². The zero-order chi connectivity index (χ0) is 20.1. The molecule has 0 saturated heterocycles. The number of carbonyl (C=O) groups is 1. The summed E-state index contributed by atoms with van der Waals surface area (Å²) in [5, 5.41) is 7.94. The van der Waals surface area contributed by atoms with E-state index in [1.165, 1.54) is 18.1 Å². The average molecular weight is 397 g/mol. The molecule has 146 valence electrons. The normalized spacial score (nSPS) is 12.0. The summed E-state index contributed by atoms with van der Waals surface area (Å²) >= 11 is 1.53. The van der Waals surface area contributed by atoms with Crippen molar-refractivity contribution < 1.29 is 4.79 Å². The Kier molecular flexibility index (Phi) is 6.41. The van der Waals surface area contributed by atoms with Gasteiger partial charge in [0.2, 0.25) is 5.91 Å². The van der Waals surface area contributed by atoms with E-state index in [1.54, 1.807) is 11.0 Å². The summed E-state index contributed by atoms with van der Waals surface area (Å²) in [5.74, 6) is 0.0144. The molecule has 2 aromatic heterocycles. The number of hydrogen-bond acceptors (Lipinski definition) is 6. The second-order valence-corrected chi connectivity index (χ2v) is 7.35. The number of rotatable bonds is 7. The van der Waals surface area contributed by atoms with Crippen molar-refractivity contribution in [1.82, 2.24) is 30.0 Å². The summed E-state index contributed by atoms with van der Waals surface area (Å²) in [6.07, 6.45) is 6.15. The number of nitrogens with zero attached hydrogens (tertiary/aromatic N) is 5. The molecule has 0 aliphatic rings. The monoisotopic (exact) mass is 396 g/mol. The van der Waals surface area contributed by atoms with Crippen molar-refractivity contribution in [1.29, 1.82) is 0 Å². The quantitative estimate of drug-likeness (QED) is 0.488. The first-order chi connectivity index (χ1) is 13.5. The SMILES string of the molecule is CSc1nc(C)c(CCC(=O)NC(C)c2ccc(-n3cncn3)cc2)c(C)n1. The Labute approximate surface area is 169 Å². The first kappa shape index (κ1) is 20.0.